The van der Waals surface area contributed by atoms with Gasteiger partial charge < -0.3 is 18.8 Å². The van der Waals surface area contributed by atoms with E-state index >= 15 is 0 Å². The van der Waals surface area contributed by atoms with Gasteiger partial charge in [0.1, 0.15) is 24.3 Å². The van der Waals surface area contributed by atoms with Gasteiger partial charge in [0, 0.05) is 0 Å². The summed E-state index contributed by atoms with van der Waals surface area (Å²) < 4.78 is 17.6. The van der Waals surface area contributed by atoms with Crippen LogP contribution in [-0.2, 0) is 18.8 Å². The van der Waals surface area contributed by atoms with E-state index in [0.29, 0.717) is 5.75 Å². The number of rotatable bonds is 9. The number of likely N-dealkylation sites (tertiary alicyclic amines) is 1. The Labute approximate surface area is 201 Å². The molecule has 0 saturated carbocycles. The van der Waals surface area contributed by atoms with Crippen molar-refractivity contribution in [3.63, 3.8) is 0 Å². The highest BCUT2D eigenvalue weighted by atomic mass is 32.2. The number of β-lactam (4-membered cyclic amide) rings is 1. The van der Waals surface area contributed by atoms with Crippen LogP contribution in [0, 0.1) is 5.92 Å². The van der Waals surface area contributed by atoms with E-state index in [4.69, 9.17) is 26.1 Å². The summed E-state index contributed by atoms with van der Waals surface area (Å²) in [6, 6.07) is 9.22. The fraction of sp³-hybridized carbons (Fsp3) is 0.522. The molecule has 0 aromatic heterocycles. The Hall–Kier alpha value is -1.68. The normalized spacial score (nSPS) is 19.7. The molecule has 1 aromatic carbocycles. The van der Waals surface area contributed by atoms with Crippen LogP contribution in [0.25, 0.3) is 0 Å². The van der Waals surface area contributed by atoms with E-state index in [1.807, 2.05) is 37.3 Å². The second-order valence-electron chi connectivity index (χ2n) is 9.22. The number of carbonyl (C=O) groups excluding carboxylic acids is 2. The molecule has 0 spiro atoms. The van der Waals surface area contributed by atoms with Gasteiger partial charge in [-0.2, -0.15) is 0 Å². The number of benzene rings is 1. The molecule has 0 radical (unpaired) electrons. The van der Waals surface area contributed by atoms with Crippen LogP contribution < -0.4 is 4.74 Å². The maximum atomic E-state index is 13.0. The maximum absolute atomic E-state index is 13.0. The second-order valence-corrected chi connectivity index (χ2v) is 15.7. The molecule has 0 aliphatic carbocycles. The maximum Gasteiger partial charge on any atom is 0.325 e. The second kappa shape index (κ2) is 11.0. The smallest absolute Gasteiger partial charge is 0.325 e. The van der Waals surface area contributed by atoms with E-state index in [2.05, 4.69) is 40.4 Å². The number of para-hydroxylation sites is 1. The van der Waals surface area contributed by atoms with E-state index in [-0.39, 0.29) is 40.0 Å². The summed E-state index contributed by atoms with van der Waals surface area (Å²) in [4.78, 5) is 26.7. The van der Waals surface area contributed by atoms with Gasteiger partial charge in [-0.25, -0.2) is 0 Å². The van der Waals surface area contributed by atoms with Crippen molar-refractivity contribution in [1.29, 1.82) is 0 Å². The van der Waals surface area contributed by atoms with E-state index in [1.165, 1.54) is 22.7 Å². The third-order valence-electron chi connectivity index (χ3n) is 5.80. The minimum atomic E-state index is -2.09. The molecule has 6 nitrogen and oxygen atoms in total. The summed E-state index contributed by atoms with van der Waals surface area (Å²) >= 11 is 6.69. The van der Waals surface area contributed by atoms with Crippen LogP contribution >= 0.6 is 24.0 Å². The summed E-state index contributed by atoms with van der Waals surface area (Å²) in [5.74, 6) is -0.449. The van der Waals surface area contributed by atoms with Crippen LogP contribution in [0.3, 0.4) is 0 Å². The molecule has 1 unspecified atom stereocenters. The molecular weight excluding hydrogens is 462 g/mol. The molecule has 176 valence electrons. The van der Waals surface area contributed by atoms with Gasteiger partial charge in [-0.3, -0.25) is 9.59 Å². The van der Waals surface area contributed by atoms with Crippen molar-refractivity contribution in [2.24, 2.45) is 5.92 Å². The highest BCUT2D eigenvalue weighted by Crippen LogP contribution is 2.43. The van der Waals surface area contributed by atoms with E-state index < -0.39 is 20.2 Å². The Bertz CT molecular complexity index is 841. The van der Waals surface area contributed by atoms with Crippen molar-refractivity contribution in [3.05, 3.63) is 43.0 Å². The largest absolute Gasteiger partial charge is 0.460 e. The lowest BCUT2D eigenvalue weighted by molar-refractivity contribution is -0.163. The van der Waals surface area contributed by atoms with E-state index in [1.54, 1.807) is 0 Å². The van der Waals surface area contributed by atoms with Crippen molar-refractivity contribution in [3.8, 4) is 5.75 Å². The van der Waals surface area contributed by atoms with Crippen LogP contribution in [-0.4, -0.2) is 54.1 Å². The molecule has 1 fully saturated rings. The third-order valence-corrected chi connectivity index (χ3v) is 11.8. The number of hydrogen-bond acceptors (Lipinski definition) is 7. The molecule has 1 heterocycles. The predicted molar refractivity (Wildman–Crippen MR) is 135 cm³/mol. The zero-order valence-corrected chi connectivity index (χ0v) is 22.3. The number of esters is 1. The van der Waals surface area contributed by atoms with Gasteiger partial charge in [0.15, 0.2) is 8.32 Å². The van der Waals surface area contributed by atoms with Gasteiger partial charge in [-0.1, -0.05) is 63.4 Å². The van der Waals surface area contributed by atoms with Crippen LogP contribution in [0.15, 0.2) is 43.0 Å². The average Bonchev–Trinajstić information content (AvgIpc) is 2.69. The fourth-order valence-corrected chi connectivity index (χ4v) is 6.00. The van der Waals surface area contributed by atoms with Crippen LogP contribution in [0.1, 0.15) is 27.7 Å². The molecule has 1 saturated heterocycles. The summed E-state index contributed by atoms with van der Waals surface area (Å²) in [5.41, 5.74) is 0. The van der Waals surface area contributed by atoms with Crippen molar-refractivity contribution in [2.45, 2.75) is 57.3 Å². The van der Waals surface area contributed by atoms with Gasteiger partial charge in [-0.15, -0.1) is 0 Å². The first kappa shape index (κ1) is 26.6. The quantitative estimate of drug-likeness (QED) is 0.157. The molecule has 1 aromatic rings. The zero-order valence-electron chi connectivity index (χ0n) is 19.6. The number of hydrogen-bond donors (Lipinski definition) is 0. The lowest BCUT2D eigenvalue weighted by atomic mass is 9.93. The SMILES string of the molecule is C=CCOC(=O)CN1C(=O)[C@@H](C(C)O[Si](C)(C)C(C)(C)C)[C@@H]1SC(=S)Oc1ccccc1. The topological polar surface area (TPSA) is 65.1 Å². The number of thiocarbonyl (C=S) groups is 1. The molecule has 9 heteroatoms. The zero-order chi connectivity index (χ0) is 24.1. The van der Waals surface area contributed by atoms with E-state index in [0.717, 1.165) is 0 Å². The van der Waals surface area contributed by atoms with Gasteiger partial charge in [0.05, 0.1) is 12.0 Å². The highest BCUT2D eigenvalue weighted by molar-refractivity contribution is 8.23. The molecule has 1 amide bonds. The highest BCUT2D eigenvalue weighted by Gasteiger charge is 2.54. The Morgan fingerprint density at radius 2 is 1.94 bits per heavy atom. The minimum Gasteiger partial charge on any atom is -0.460 e. The van der Waals surface area contributed by atoms with Crippen LogP contribution in [0.4, 0.5) is 0 Å². The minimum absolute atomic E-state index is 0.0105. The molecule has 3 atom stereocenters. The van der Waals surface area contributed by atoms with Gasteiger partial charge in [-0.05, 0) is 49.4 Å². The Morgan fingerprint density at radius 3 is 2.50 bits per heavy atom. The number of carbonyl (C=O) groups is 2. The number of thioether (sulfide) groups is 1. The Kier molecular flexibility index (Phi) is 9.10. The molecule has 1 aliphatic rings. The predicted octanol–water partition coefficient (Wildman–Crippen LogP) is 5.01. The molecular formula is C23H33NO5S2Si. The molecule has 1 aliphatic heterocycles. The summed E-state index contributed by atoms with van der Waals surface area (Å²) in [5, 5.41) is -0.369. The number of amides is 1. The lowest BCUT2D eigenvalue weighted by Crippen LogP contribution is -2.65. The summed E-state index contributed by atoms with van der Waals surface area (Å²) in [6.07, 6.45) is 1.17. The van der Waals surface area contributed by atoms with E-state index in [9.17, 15) is 9.59 Å². The number of ether oxygens (including phenoxy) is 2. The van der Waals surface area contributed by atoms with Gasteiger partial charge in [0.2, 0.25) is 10.3 Å². The first-order chi connectivity index (χ1) is 14.9. The van der Waals surface area contributed by atoms with Crippen molar-refractivity contribution in [1.82, 2.24) is 4.90 Å². The molecule has 32 heavy (non-hydrogen) atoms. The Balaban J connectivity index is 2.15. The Morgan fingerprint density at radius 1 is 1.31 bits per heavy atom. The summed E-state index contributed by atoms with van der Waals surface area (Å²) in [7, 11) is -2.09. The first-order valence-electron chi connectivity index (χ1n) is 10.6. The van der Waals surface area contributed by atoms with Crippen molar-refractivity contribution < 1.29 is 23.5 Å². The molecule has 0 bridgehead atoms. The monoisotopic (exact) mass is 495 g/mol. The first-order valence-corrected chi connectivity index (χ1v) is 14.8. The molecule has 2 rings (SSSR count). The third kappa shape index (κ3) is 6.66. The summed E-state index contributed by atoms with van der Waals surface area (Å²) in [6.45, 7) is 16.2. The molecule has 0 N–H and O–H groups in total. The van der Waals surface area contributed by atoms with Crippen LogP contribution in [0.5, 0.6) is 5.75 Å². The van der Waals surface area contributed by atoms with Crippen LogP contribution in [0.2, 0.25) is 18.1 Å². The average molecular weight is 496 g/mol. The van der Waals surface area contributed by atoms with Gasteiger partial charge in [0.25, 0.3) is 0 Å². The lowest BCUT2D eigenvalue weighted by Gasteiger charge is -2.50. The standard InChI is InChI=1S/C23H33NO5S2Si/c1-8-14-27-18(25)15-24-20(26)19(16(2)29-32(6,7)23(3,4)5)21(24)31-22(30)28-17-12-10-9-11-13-17/h8-13,16,19,21H,1,14-15H2,2-7H3/t16?,19-,21+/m1/s1. The fourth-order valence-electron chi connectivity index (χ4n) is 3.05. The van der Waals surface area contributed by atoms with Gasteiger partial charge >= 0.3 is 5.97 Å². The van der Waals surface area contributed by atoms with Crippen molar-refractivity contribution >= 4 is 48.6 Å². The number of nitrogens with zero attached hydrogens (tertiary/aromatic N) is 1. The van der Waals surface area contributed by atoms with Crippen molar-refractivity contribution in [2.75, 3.05) is 13.2 Å².